The molecule has 1 heterocycles. The zero-order chi connectivity index (χ0) is 21.7. The average molecular weight is 423 g/mol. The number of hydrogen-bond donors (Lipinski definition) is 3. The summed E-state index contributed by atoms with van der Waals surface area (Å²) >= 11 is 0. The van der Waals surface area contributed by atoms with E-state index in [1.165, 1.54) is 11.1 Å². The van der Waals surface area contributed by atoms with E-state index in [1.54, 1.807) is 0 Å². The maximum absolute atomic E-state index is 11.3. The number of carbonyl (C=O) groups is 1. The minimum absolute atomic E-state index is 0.127. The molecule has 0 bridgehead atoms. The highest BCUT2D eigenvalue weighted by Gasteiger charge is 2.18. The third-order valence-electron chi connectivity index (χ3n) is 5.24. The first kappa shape index (κ1) is 22.7. The van der Waals surface area contributed by atoms with Crippen molar-refractivity contribution in [1.82, 2.24) is 16.0 Å². The van der Waals surface area contributed by atoms with E-state index in [0.29, 0.717) is 26.1 Å². The van der Waals surface area contributed by atoms with Gasteiger partial charge in [-0.1, -0.05) is 42.5 Å². The number of hydrogen-bond acceptors (Lipinski definition) is 3. The second-order valence-electron chi connectivity index (χ2n) is 7.78. The zero-order valence-corrected chi connectivity index (χ0v) is 18.4. The molecule has 3 rings (SSSR count). The summed E-state index contributed by atoms with van der Waals surface area (Å²) in [7, 11) is 0. The normalized spacial score (nSPS) is 16.5. The lowest BCUT2D eigenvalue weighted by Crippen LogP contribution is -2.51. The van der Waals surface area contributed by atoms with Crippen LogP contribution in [0.15, 0.2) is 59.6 Å². The van der Waals surface area contributed by atoms with E-state index in [9.17, 15) is 4.79 Å². The number of aliphatic imine (C=N–C) groups is 1. The van der Waals surface area contributed by atoms with Crippen LogP contribution in [0.5, 0.6) is 5.75 Å². The van der Waals surface area contributed by atoms with Gasteiger partial charge in [-0.25, -0.2) is 0 Å². The largest absolute Gasteiger partial charge is 0.494 e. The van der Waals surface area contributed by atoms with Crippen LogP contribution in [0.3, 0.4) is 0 Å². The van der Waals surface area contributed by atoms with Gasteiger partial charge in [0.15, 0.2) is 5.96 Å². The van der Waals surface area contributed by atoms with Gasteiger partial charge in [-0.2, -0.15) is 0 Å². The molecule has 1 unspecified atom stereocenters. The second kappa shape index (κ2) is 12.6. The summed E-state index contributed by atoms with van der Waals surface area (Å²) in [4.78, 5) is 16.0. The maximum atomic E-state index is 11.3. The molecule has 2 aromatic rings. The maximum Gasteiger partial charge on any atom is 0.220 e. The van der Waals surface area contributed by atoms with Gasteiger partial charge >= 0.3 is 0 Å². The van der Waals surface area contributed by atoms with Gasteiger partial charge in [-0.3, -0.25) is 9.79 Å². The average Bonchev–Trinajstić information content (AvgIpc) is 2.79. The van der Waals surface area contributed by atoms with Gasteiger partial charge in [0.2, 0.25) is 5.91 Å². The van der Waals surface area contributed by atoms with Crippen LogP contribution in [0.2, 0.25) is 0 Å². The molecule has 31 heavy (non-hydrogen) atoms. The van der Waals surface area contributed by atoms with Crippen LogP contribution in [0.25, 0.3) is 0 Å². The first-order valence-electron chi connectivity index (χ1n) is 11.3. The number of nitrogens with zero attached hydrogens (tertiary/aromatic N) is 1. The van der Waals surface area contributed by atoms with Gasteiger partial charge in [0.05, 0.1) is 6.61 Å². The lowest BCUT2D eigenvalue weighted by atomic mass is 10.1. The first-order chi connectivity index (χ1) is 15.2. The number of rotatable bonds is 10. The number of ether oxygens (including phenoxy) is 1. The van der Waals surface area contributed by atoms with Crippen LogP contribution in [0.4, 0.5) is 0 Å². The molecular weight excluding hydrogens is 388 g/mol. The van der Waals surface area contributed by atoms with E-state index in [1.807, 2.05) is 18.2 Å². The molecule has 166 valence electrons. The SMILES string of the molecule is CCNC(=NCCc1cccc(OCCCc2ccccc2)c1)NC1CCC(=O)NC1. The molecule has 2 aromatic carbocycles. The molecule has 1 aliphatic rings. The summed E-state index contributed by atoms with van der Waals surface area (Å²) < 4.78 is 5.95. The van der Waals surface area contributed by atoms with Gasteiger partial charge in [-0.05, 0) is 55.9 Å². The molecule has 0 saturated carbocycles. The summed E-state index contributed by atoms with van der Waals surface area (Å²) in [6.07, 6.45) is 4.27. The first-order valence-corrected chi connectivity index (χ1v) is 11.3. The van der Waals surface area contributed by atoms with Crippen LogP contribution in [-0.2, 0) is 17.6 Å². The summed E-state index contributed by atoms with van der Waals surface area (Å²) in [6, 6.07) is 19.0. The van der Waals surface area contributed by atoms with Crippen LogP contribution in [0, 0.1) is 0 Å². The van der Waals surface area contributed by atoms with Crippen molar-refractivity contribution < 1.29 is 9.53 Å². The Bertz CT molecular complexity index is 828. The standard InChI is InChI=1S/C25H34N4O2/c1-2-26-25(29-22-13-14-24(30)28-19-22)27-16-15-21-10-6-12-23(18-21)31-17-7-11-20-8-4-3-5-9-20/h3-6,8-10,12,18,22H,2,7,11,13-17,19H2,1H3,(H,28,30)(H2,26,27,29). The highest BCUT2D eigenvalue weighted by molar-refractivity contribution is 5.81. The molecule has 1 saturated heterocycles. The predicted octanol–water partition coefficient (Wildman–Crippen LogP) is 3.07. The predicted molar refractivity (Wildman–Crippen MR) is 126 cm³/mol. The van der Waals surface area contributed by atoms with Crippen molar-refractivity contribution >= 4 is 11.9 Å². The Kier molecular flexibility index (Phi) is 9.23. The van der Waals surface area contributed by atoms with E-state index >= 15 is 0 Å². The second-order valence-corrected chi connectivity index (χ2v) is 7.78. The quantitative estimate of drug-likeness (QED) is 0.313. The van der Waals surface area contributed by atoms with Crippen molar-refractivity contribution in [2.45, 2.75) is 45.1 Å². The van der Waals surface area contributed by atoms with Gasteiger partial charge in [-0.15, -0.1) is 0 Å². The zero-order valence-electron chi connectivity index (χ0n) is 18.4. The van der Waals surface area contributed by atoms with Crippen molar-refractivity contribution in [2.75, 3.05) is 26.2 Å². The lowest BCUT2D eigenvalue weighted by molar-refractivity contribution is -0.122. The molecule has 1 amide bonds. The Morgan fingerprint density at radius 3 is 2.74 bits per heavy atom. The molecule has 0 radical (unpaired) electrons. The molecule has 0 spiro atoms. The molecular formula is C25H34N4O2. The third-order valence-corrected chi connectivity index (χ3v) is 5.24. The fourth-order valence-corrected chi connectivity index (χ4v) is 3.57. The van der Waals surface area contributed by atoms with Crippen molar-refractivity contribution in [1.29, 1.82) is 0 Å². The summed E-state index contributed by atoms with van der Waals surface area (Å²) in [5.74, 6) is 1.84. The van der Waals surface area contributed by atoms with E-state index in [4.69, 9.17) is 9.73 Å². The number of nitrogens with one attached hydrogen (secondary N) is 3. The summed E-state index contributed by atoms with van der Waals surface area (Å²) in [5.41, 5.74) is 2.56. The topological polar surface area (TPSA) is 74.8 Å². The van der Waals surface area contributed by atoms with Gasteiger partial charge in [0.1, 0.15) is 5.75 Å². The van der Waals surface area contributed by atoms with E-state index in [2.05, 4.69) is 59.3 Å². The number of benzene rings is 2. The summed E-state index contributed by atoms with van der Waals surface area (Å²) in [5, 5.41) is 9.61. The van der Waals surface area contributed by atoms with Crippen LogP contribution in [-0.4, -0.2) is 44.1 Å². The molecule has 3 N–H and O–H groups in total. The number of piperidine rings is 1. The molecule has 6 nitrogen and oxygen atoms in total. The van der Waals surface area contributed by atoms with Crippen LogP contribution in [0.1, 0.15) is 37.3 Å². The fraction of sp³-hybridized carbons (Fsp3) is 0.440. The molecule has 0 aromatic heterocycles. The van der Waals surface area contributed by atoms with Crippen LogP contribution >= 0.6 is 0 Å². The Balaban J connectivity index is 1.42. The van der Waals surface area contributed by atoms with Crippen molar-refractivity contribution in [3.05, 3.63) is 65.7 Å². The minimum Gasteiger partial charge on any atom is -0.494 e. The smallest absolute Gasteiger partial charge is 0.220 e. The van der Waals surface area contributed by atoms with Crippen molar-refractivity contribution in [2.24, 2.45) is 4.99 Å². The van der Waals surface area contributed by atoms with Gasteiger partial charge in [0, 0.05) is 32.1 Å². The number of carbonyl (C=O) groups excluding carboxylic acids is 1. The van der Waals surface area contributed by atoms with Crippen LogP contribution < -0.4 is 20.7 Å². The Labute approximate surface area is 185 Å². The number of guanidine groups is 1. The summed E-state index contributed by atoms with van der Waals surface area (Å²) in [6.45, 7) is 4.90. The Morgan fingerprint density at radius 1 is 1.13 bits per heavy atom. The number of amides is 1. The fourth-order valence-electron chi connectivity index (χ4n) is 3.57. The molecule has 6 heteroatoms. The van der Waals surface area contributed by atoms with E-state index in [-0.39, 0.29) is 11.9 Å². The minimum atomic E-state index is 0.127. The van der Waals surface area contributed by atoms with Crippen molar-refractivity contribution in [3.63, 3.8) is 0 Å². The number of aryl methyl sites for hydroxylation is 1. The third kappa shape index (κ3) is 8.32. The molecule has 1 atom stereocenters. The molecule has 1 aliphatic heterocycles. The Morgan fingerprint density at radius 2 is 1.97 bits per heavy atom. The highest BCUT2D eigenvalue weighted by atomic mass is 16.5. The molecule has 1 fully saturated rings. The van der Waals surface area contributed by atoms with Gasteiger partial charge < -0.3 is 20.7 Å². The highest BCUT2D eigenvalue weighted by Crippen LogP contribution is 2.15. The van der Waals surface area contributed by atoms with Gasteiger partial charge in [0.25, 0.3) is 0 Å². The van der Waals surface area contributed by atoms with E-state index in [0.717, 1.165) is 43.9 Å². The Hall–Kier alpha value is -3.02. The molecule has 0 aliphatic carbocycles. The monoisotopic (exact) mass is 422 g/mol. The lowest BCUT2D eigenvalue weighted by Gasteiger charge is -2.25. The van der Waals surface area contributed by atoms with E-state index < -0.39 is 0 Å². The van der Waals surface area contributed by atoms with Crippen molar-refractivity contribution in [3.8, 4) is 5.75 Å².